The normalized spacial score (nSPS) is 14.2. The quantitative estimate of drug-likeness (QED) is 0.858. The standard InChI is InChI=1S/C13H10F6N2O/c1-21-10(9(6-20-21)13(17,18)19)11(22)7-2-4-8(5-3-7)12(14,15)16/h2-6,11,22H,1H3. The summed E-state index contributed by atoms with van der Waals surface area (Å²) in [5.74, 6) is 0. The molecule has 0 amide bonds. The summed E-state index contributed by atoms with van der Waals surface area (Å²) >= 11 is 0. The van der Waals surface area contributed by atoms with E-state index in [1.54, 1.807) is 0 Å². The van der Waals surface area contributed by atoms with Gasteiger partial charge in [0, 0.05) is 7.05 Å². The van der Waals surface area contributed by atoms with Gasteiger partial charge in [-0.1, -0.05) is 12.1 Å². The zero-order valence-corrected chi connectivity index (χ0v) is 11.1. The maximum atomic E-state index is 12.8. The molecule has 22 heavy (non-hydrogen) atoms. The molecule has 1 heterocycles. The molecular formula is C13H10F6N2O. The Balaban J connectivity index is 2.41. The maximum Gasteiger partial charge on any atom is 0.419 e. The molecule has 1 atom stereocenters. The molecule has 0 saturated heterocycles. The summed E-state index contributed by atoms with van der Waals surface area (Å²) in [5, 5.41) is 13.5. The minimum atomic E-state index is -4.73. The predicted octanol–water partition coefficient (Wildman–Crippen LogP) is 3.54. The molecule has 0 radical (unpaired) electrons. The molecule has 1 aromatic carbocycles. The molecule has 1 aromatic heterocycles. The van der Waals surface area contributed by atoms with Gasteiger partial charge in [-0.3, -0.25) is 4.68 Å². The van der Waals surface area contributed by atoms with Crippen LogP contribution in [0.2, 0.25) is 0 Å². The zero-order valence-electron chi connectivity index (χ0n) is 11.1. The van der Waals surface area contributed by atoms with Crippen LogP contribution in [0.3, 0.4) is 0 Å². The van der Waals surface area contributed by atoms with E-state index in [-0.39, 0.29) is 5.56 Å². The number of rotatable bonds is 2. The molecule has 2 rings (SSSR count). The molecule has 0 saturated carbocycles. The van der Waals surface area contributed by atoms with E-state index in [1.807, 2.05) is 0 Å². The highest BCUT2D eigenvalue weighted by atomic mass is 19.4. The lowest BCUT2D eigenvalue weighted by atomic mass is 10.0. The van der Waals surface area contributed by atoms with Crippen LogP contribution in [0.25, 0.3) is 0 Å². The van der Waals surface area contributed by atoms with Crippen LogP contribution in [0.1, 0.15) is 28.5 Å². The third-order valence-electron chi connectivity index (χ3n) is 3.10. The minimum absolute atomic E-state index is 0.0953. The zero-order chi connectivity index (χ0) is 16.7. The van der Waals surface area contributed by atoms with Crippen molar-refractivity contribution >= 4 is 0 Å². The number of hydrogen-bond donors (Lipinski definition) is 1. The molecule has 0 aliphatic rings. The summed E-state index contributed by atoms with van der Waals surface area (Å²) in [7, 11) is 1.21. The Labute approximate surface area is 120 Å². The number of alkyl halides is 6. The lowest BCUT2D eigenvalue weighted by Gasteiger charge is -2.16. The third-order valence-corrected chi connectivity index (χ3v) is 3.10. The van der Waals surface area contributed by atoms with Crippen molar-refractivity contribution in [2.75, 3.05) is 0 Å². The number of aliphatic hydroxyl groups excluding tert-OH is 1. The topological polar surface area (TPSA) is 38.0 Å². The van der Waals surface area contributed by atoms with Gasteiger partial charge < -0.3 is 5.11 Å². The molecule has 0 fully saturated rings. The lowest BCUT2D eigenvalue weighted by molar-refractivity contribution is -0.139. The number of nitrogens with zero attached hydrogens (tertiary/aromatic N) is 2. The van der Waals surface area contributed by atoms with E-state index >= 15 is 0 Å². The van der Waals surface area contributed by atoms with Gasteiger partial charge in [0.05, 0.1) is 23.0 Å². The smallest absolute Gasteiger partial charge is 0.382 e. The van der Waals surface area contributed by atoms with Crippen molar-refractivity contribution in [1.29, 1.82) is 0 Å². The summed E-state index contributed by atoms with van der Waals surface area (Å²) in [4.78, 5) is 0. The van der Waals surface area contributed by atoms with Crippen LogP contribution in [0, 0.1) is 0 Å². The Morgan fingerprint density at radius 3 is 2.00 bits per heavy atom. The van der Waals surface area contributed by atoms with Crippen LogP contribution < -0.4 is 0 Å². The van der Waals surface area contributed by atoms with Crippen molar-refractivity contribution in [3.05, 3.63) is 52.8 Å². The van der Waals surface area contributed by atoms with E-state index in [2.05, 4.69) is 5.10 Å². The average molecular weight is 324 g/mol. The average Bonchev–Trinajstić information content (AvgIpc) is 2.79. The summed E-state index contributed by atoms with van der Waals surface area (Å²) < 4.78 is 76.7. The van der Waals surface area contributed by atoms with E-state index in [9.17, 15) is 31.4 Å². The predicted molar refractivity (Wildman–Crippen MR) is 63.7 cm³/mol. The first-order valence-electron chi connectivity index (χ1n) is 5.96. The van der Waals surface area contributed by atoms with Crippen molar-refractivity contribution < 1.29 is 31.4 Å². The number of halogens is 6. The van der Waals surface area contributed by atoms with Gasteiger partial charge in [0.15, 0.2) is 0 Å². The van der Waals surface area contributed by atoms with Crippen LogP contribution in [0.15, 0.2) is 30.5 Å². The molecule has 0 aliphatic heterocycles. The summed E-state index contributed by atoms with van der Waals surface area (Å²) in [5.41, 5.74) is -2.72. The Kier molecular flexibility index (Phi) is 3.94. The molecule has 9 heteroatoms. The molecular weight excluding hydrogens is 314 g/mol. The number of benzene rings is 1. The Morgan fingerprint density at radius 2 is 1.55 bits per heavy atom. The highest BCUT2D eigenvalue weighted by Gasteiger charge is 2.38. The van der Waals surface area contributed by atoms with Gasteiger partial charge in [0.25, 0.3) is 0 Å². The number of aromatic nitrogens is 2. The van der Waals surface area contributed by atoms with E-state index in [4.69, 9.17) is 0 Å². The molecule has 3 nitrogen and oxygen atoms in total. The number of hydrogen-bond acceptors (Lipinski definition) is 2. The molecule has 0 spiro atoms. The van der Waals surface area contributed by atoms with Gasteiger partial charge in [-0.05, 0) is 17.7 Å². The molecule has 120 valence electrons. The first-order chi connectivity index (χ1) is 10.0. The fourth-order valence-corrected chi connectivity index (χ4v) is 2.00. The van der Waals surface area contributed by atoms with E-state index < -0.39 is 35.3 Å². The maximum absolute atomic E-state index is 12.8. The van der Waals surface area contributed by atoms with Crippen LogP contribution in [-0.4, -0.2) is 14.9 Å². The summed E-state index contributed by atoms with van der Waals surface area (Å²) in [6, 6.07) is 3.26. The Morgan fingerprint density at radius 1 is 1.00 bits per heavy atom. The molecule has 1 N–H and O–H groups in total. The van der Waals surface area contributed by atoms with Crippen molar-refractivity contribution in [3.8, 4) is 0 Å². The van der Waals surface area contributed by atoms with Crippen molar-refractivity contribution in [2.45, 2.75) is 18.5 Å². The minimum Gasteiger partial charge on any atom is -0.382 e. The van der Waals surface area contributed by atoms with Gasteiger partial charge in [0.1, 0.15) is 6.10 Å². The van der Waals surface area contributed by atoms with E-state index in [1.165, 1.54) is 7.05 Å². The highest BCUT2D eigenvalue weighted by molar-refractivity contribution is 5.34. The molecule has 2 aromatic rings. The fourth-order valence-electron chi connectivity index (χ4n) is 2.00. The van der Waals surface area contributed by atoms with Gasteiger partial charge in [-0.25, -0.2) is 0 Å². The van der Waals surface area contributed by atoms with Gasteiger partial charge in [0.2, 0.25) is 0 Å². The third kappa shape index (κ3) is 3.08. The highest BCUT2D eigenvalue weighted by Crippen LogP contribution is 2.37. The molecule has 0 bridgehead atoms. The second kappa shape index (κ2) is 5.31. The molecule has 1 unspecified atom stereocenters. The van der Waals surface area contributed by atoms with E-state index in [0.29, 0.717) is 18.3 Å². The summed E-state index contributed by atoms with van der Waals surface area (Å²) in [6.07, 6.45) is -10.5. The fraction of sp³-hybridized carbons (Fsp3) is 0.308. The van der Waals surface area contributed by atoms with Crippen LogP contribution in [0.4, 0.5) is 26.3 Å². The summed E-state index contributed by atoms with van der Waals surface area (Å²) in [6.45, 7) is 0. The van der Waals surface area contributed by atoms with Gasteiger partial charge in [-0.2, -0.15) is 31.4 Å². The SMILES string of the molecule is Cn1ncc(C(F)(F)F)c1C(O)c1ccc(C(F)(F)F)cc1. The molecule has 0 aliphatic carbocycles. The van der Waals surface area contributed by atoms with Crippen molar-refractivity contribution in [3.63, 3.8) is 0 Å². The first kappa shape index (κ1) is 16.3. The van der Waals surface area contributed by atoms with Crippen molar-refractivity contribution in [1.82, 2.24) is 9.78 Å². The lowest BCUT2D eigenvalue weighted by Crippen LogP contribution is -2.14. The monoisotopic (exact) mass is 324 g/mol. The Hall–Kier alpha value is -2.03. The first-order valence-corrected chi connectivity index (χ1v) is 5.96. The van der Waals surface area contributed by atoms with Gasteiger partial charge in [-0.15, -0.1) is 0 Å². The van der Waals surface area contributed by atoms with E-state index in [0.717, 1.165) is 16.8 Å². The number of aryl methyl sites for hydroxylation is 1. The second-order valence-corrected chi connectivity index (χ2v) is 4.59. The van der Waals surface area contributed by atoms with Crippen LogP contribution in [-0.2, 0) is 19.4 Å². The van der Waals surface area contributed by atoms with Crippen molar-refractivity contribution in [2.24, 2.45) is 7.05 Å². The van der Waals surface area contributed by atoms with Crippen LogP contribution >= 0.6 is 0 Å². The second-order valence-electron chi connectivity index (χ2n) is 4.59. The Bertz CT molecular complexity index is 657. The van der Waals surface area contributed by atoms with Crippen LogP contribution in [0.5, 0.6) is 0 Å². The number of aliphatic hydroxyl groups is 1. The van der Waals surface area contributed by atoms with Gasteiger partial charge >= 0.3 is 12.4 Å². The largest absolute Gasteiger partial charge is 0.419 e.